The van der Waals surface area contributed by atoms with E-state index in [0.29, 0.717) is 12.1 Å². The van der Waals surface area contributed by atoms with Crippen LogP contribution in [0.3, 0.4) is 0 Å². The summed E-state index contributed by atoms with van der Waals surface area (Å²) in [6.07, 6.45) is 10.5. The number of rotatable bonds is 8. The van der Waals surface area contributed by atoms with E-state index in [1.54, 1.807) is 12.4 Å². The Hall–Kier alpha value is -1.00. The van der Waals surface area contributed by atoms with E-state index in [1.165, 1.54) is 12.8 Å². The van der Waals surface area contributed by atoms with Crippen molar-refractivity contribution in [2.45, 2.75) is 51.7 Å². The van der Waals surface area contributed by atoms with Gasteiger partial charge in [-0.25, -0.2) is 0 Å². The molecule has 0 amide bonds. The fraction of sp³-hybridized carbons (Fsp3) is 0.733. The van der Waals surface area contributed by atoms with Crippen LogP contribution >= 0.6 is 0 Å². The van der Waals surface area contributed by atoms with Crippen molar-refractivity contribution in [3.63, 3.8) is 0 Å². The molecule has 4 heteroatoms. The Kier molecular flexibility index (Phi) is 5.73. The van der Waals surface area contributed by atoms with Crippen LogP contribution in [0.2, 0.25) is 0 Å². The van der Waals surface area contributed by atoms with Crippen molar-refractivity contribution >= 4 is 0 Å². The summed E-state index contributed by atoms with van der Waals surface area (Å²) >= 11 is 0. The van der Waals surface area contributed by atoms with E-state index >= 15 is 0 Å². The highest BCUT2D eigenvalue weighted by Gasteiger charge is 2.31. The highest BCUT2D eigenvalue weighted by Crippen LogP contribution is 2.36. The van der Waals surface area contributed by atoms with Crippen LogP contribution in [0.25, 0.3) is 0 Å². The van der Waals surface area contributed by atoms with Crippen molar-refractivity contribution in [3.05, 3.63) is 24.3 Å². The van der Waals surface area contributed by atoms with Crippen LogP contribution in [-0.4, -0.2) is 29.2 Å². The van der Waals surface area contributed by atoms with Crippen LogP contribution in [0.5, 0.6) is 0 Å². The van der Waals surface area contributed by atoms with Crippen LogP contribution in [0.15, 0.2) is 18.6 Å². The maximum absolute atomic E-state index is 5.63. The first kappa shape index (κ1) is 14.4. The van der Waals surface area contributed by atoms with Gasteiger partial charge in [-0.2, -0.15) is 0 Å². The standard InChI is InChI=1S/C15H25N3O/c1-3-5-17-14(15-11-16-6-7-18-15)10-12-8-13(9-12)19-4-2/h6-7,11-14,17H,3-5,8-10H2,1-2H3. The average molecular weight is 263 g/mol. The predicted octanol–water partition coefficient (Wildman–Crippen LogP) is 2.72. The van der Waals surface area contributed by atoms with Gasteiger partial charge in [0.25, 0.3) is 0 Å². The molecule has 0 saturated heterocycles. The molecule has 0 radical (unpaired) electrons. The van der Waals surface area contributed by atoms with Gasteiger partial charge < -0.3 is 10.1 Å². The van der Waals surface area contributed by atoms with Crippen LogP contribution < -0.4 is 5.32 Å². The molecule has 2 rings (SSSR count). The molecule has 1 atom stereocenters. The summed E-state index contributed by atoms with van der Waals surface area (Å²) in [5, 5.41) is 3.59. The third-order valence-corrected chi connectivity index (χ3v) is 3.74. The molecule has 0 aliphatic heterocycles. The zero-order chi connectivity index (χ0) is 13.5. The first-order valence-electron chi connectivity index (χ1n) is 7.44. The Morgan fingerprint density at radius 3 is 2.84 bits per heavy atom. The van der Waals surface area contributed by atoms with E-state index in [-0.39, 0.29) is 0 Å². The molecule has 1 unspecified atom stereocenters. The van der Waals surface area contributed by atoms with E-state index in [9.17, 15) is 0 Å². The van der Waals surface area contributed by atoms with Gasteiger partial charge in [-0.1, -0.05) is 6.92 Å². The summed E-state index contributed by atoms with van der Waals surface area (Å²) in [6.45, 7) is 6.12. The minimum atomic E-state index is 0.334. The second-order valence-corrected chi connectivity index (χ2v) is 5.29. The van der Waals surface area contributed by atoms with Crippen molar-refractivity contribution in [1.29, 1.82) is 0 Å². The quantitative estimate of drug-likeness (QED) is 0.783. The minimum absolute atomic E-state index is 0.334. The lowest BCUT2D eigenvalue weighted by Crippen LogP contribution is -2.35. The molecule has 1 heterocycles. The van der Waals surface area contributed by atoms with E-state index in [1.807, 2.05) is 6.20 Å². The number of hydrogen-bond acceptors (Lipinski definition) is 4. The van der Waals surface area contributed by atoms with E-state index < -0.39 is 0 Å². The van der Waals surface area contributed by atoms with Gasteiger partial charge in [0, 0.05) is 25.2 Å². The van der Waals surface area contributed by atoms with Crippen molar-refractivity contribution in [2.75, 3.05) is 13.2 Å². The number of hydrogen-bond donors (Lipinski definition) is 1. The van der Waals surface area contributed by atoms with Gasteiger partial charge in [0.05, 0.1) is 17.8 Å². The summed E-state index contributed by atoms with van der Waals surface area (Å²) in [4.78, 5) is 8.62. The molecule has 1 aliphatic carbocycles. The van der Waals surface area contributed by atoms with Gasteiger partial charge >= 0.3 is 0 Å². The molecule has 1 aromatic rings. The average Bonchev–Trinajstić information content (AvgIpc) is 2.41. The van der Waals surface area contributed by atoms with Crippen LogP contribution in [0.1, 0.15) is 51.3 Å². The molecule has 0 spiro atoms. The minimum Gasteiger partial charge on any atom is -0.378 e. The molecule has 1 fully saturated rings. The Bertz CT molecular complexity index is 352. The maximum Gasteiger partial charge on any atom is 0.0756 e. The smallest absolute Gasteiger partial charge is 0.0756 e. The topological polar surface area (TPSA) is 47.0 Å². The number of nitrogens with zero attached hydrogens (tertiary/aromatic N) is 2. The molecule has 4 nitrogen and oxygen atoms in total. The first-order valence-corrected chi connectivity index (χ1v) is 7.44. The lowest BCUT2D eigenvalue weighted by atomic mass is 9.77. The number of nitrogens with one attached hydrogen (secondary N) is 1. The van der Waals surface area contributed by atoms with Crippen LogP contribution in [0.4, 0.5) is 0 Å². The summed E-state index contributed by atoms with van der Waals surface area (Å²) < 4.78 is 5.63. The molecular formula is C15H25N3O. The normalized spacial score (nSPS) is 23.9. The van der Waals surface area contributed by atoms with E-state index in [0.717, 1.165) is 37.6 Å². The zero-order valence-electron chi connectivity index (χ0n) is 12.0. The summed E-state index contributed by atoms with van der Waals surface area (Å²) in [6, 6.07) is 0.334. The van der Waals surface area contributed by atoms with Crippen molar-refractivity contribution < 1.29 is 4.74 Å². The summed E-state index contributed by atoms with van der Waals surface area (Å²) in [5.41, 5.74) is 1.07. The van der Waals surface area contributed by atoms with E-state index in [2.05, 4.69) is 29.1 Å². The molecule has 1 aliphatic rings. The lowest BCUT2D eigenvalue weighted by Gasteiger charge is -2.37. The molecule has 1 aromatic heterocycles. The molecular weight excluding hydrogens is 238 g/mol. The van der Waals surface area contributed by atoms with E-state index in [4.69, 9.17) is 4.74 Å². The number of ether oxygens (including phenoxy) is 1. The Labute approximate surface area is 116 Å². The second kappa shape index (κ2) is 7.56. The first-order chi connectivity index (χ1) is 9.33. The molecule has 0 aromatic carbocycles. The highest BCUT2D eigenvalue weighted by atomic mass is 16.5. The second-order valence-electron chi connectivity index (χ2n) is 5.29. The van der Waals surface area contributed by atoms with Gasteiger partial charge in [-0.05, 0) is 45.1 Å². The zero-order valence-corrected chi connectivity index (χ0v) is 12.0. The van der Waals surface area contributed by atoms with Crippen LogP contribution in [0, 0.1) is 5.92 Å². The summed E-state index contributed by atoms with van der Waals surface area (Å²) in [5.74, 6) is 0.757. The molecule has 106 valence electrons. The molecule has 1 N–H and O–H groups in total. The lowest BCUT2D eigenvalue weighted by molar-refractivity contribution is -0.0292. The van der Waals surface area contributed by atoms with Gasteiger partial charge in [-0.15, -0.1) is 0 Å². The van der Waals surface area contributed by atoms with Gasteiger partial charge in [0.15, 0.2) is 0 Å². The Morgan fingerprint density at radius 2 is 2.21 bits per heavy atom. The van der Waals surface area contributed by atoms with Gasteiger partial charge in [-0.3, -0.25) is 9.97 Å². The van der Waals surface area contributed by atoms with Gasteiger partial charge in [0.1, 0.15) is 0 Å². The third kappa shape index (κ3) is 4.25. The van der Waals surface area contributed by atoms with Crippen molar-refractivity contribution in [1.82, 2.24) is 15.3 Å². The van der Waals surface area contributed by atoms with Crippen molar-refractivity contribution in [3.8, 4) is 0 Å². The summed E-state index contributed by atoms with van der Waals surface area (Å²) in [7, 11) is 0. The van der Waals surface area contributed by atoms with Gasteiger partial charge in [0.2, 0.25) is 0 Å². The molecule has 0 bridgehead atoms. The monoisotopic (exact) mass is 263 g/mol. The fourth-order valence-corrected chi connectivity index (χ4v) is 2.69. The third-order valence-electron chi connectivity index (χ3n) is 3.74. The maximum atomic E-state index is 5.63. The molecule has 19 heavy (non-hydrogen) atoms. The van der Waals surface area contributed by atoms with Crippen LogP contribution in [-0.2, 0) is 4.74 Å². The largest absolute Gasteiger partial charge is 0.378 e. The van der Waals surface area contributed by atoms with Crippen molar-refractivity contribution in [2.24, 2.45) is 5.92 Å². The SMILES string of the molecule is CCCNC(CC1CC(OCC)C1)c1cnccn1. The fourth-order valence-electron chi connectivity index (χ4n) is 2.69. The Balaban J connectivity index is 1.85. The Morgan fingerprint density at radius 1 is 1.37 bits per heavy atom. The number of aromatic nitrogens is 2. The molecule has 1 saturated carbocycles. The highest BCUT2D eigenvalue weighted by molar-refractivity contribution is 5.03. The predicted molar refractivity (Wildman–Crippen MR) is 75.8 cm³/mol.